The van der Waals surface area contributed by atoms with Gasteiger partial charge in [-0.3, -0.25) is 9.69 Å². The molecule has 1 aromatic carbocycles. The fraction of sp³-hybridized carbons (Fsp3) is 0.467. The minimum Gasteiger partial charge on any atom is -0.435 e. The van der Waals surface area contributed by atoms with Crippen LogP contribution in [0.1, 0.15) is 19.4 Å². The van der Waals surface area contributed by atoms with E-state index >= 15 is 0 Å². The van der Waals surface area contributed by atoms with E-state index in [0.29, 0.717) is 12.2 Å². The number of ether oxygens (including phenoxy) is 2. The number of hydrogen-bond donors (Lipinski definition) is 1. The van der Waals surface area contributed by atoms with Crippen molar-refractivity contribution in [3.8, 4) is 5.75 Å². The molecule has 1 aliphatic heterocycles. The highest BCUT2D eigenvalue weighted by Gasteiger charge is 2.48. The lowest BCUT2D eigenvalue weighted by Gasteiger charge is -2.22. The van der Waals surface area contributed by atoms with Gasteiger partial charge in [0, 0.05) is 6.61 Å². The van der Waals surface area contributed by atoms with E-state index in [-0.39, 0.29) is 18.9 Å². The highest BCUT2D eigenvalue weighted by atomic mass is 19.3. The Bertz CT molecular complexity index is 579. The average Bonchev–Trinajstić information content (AvgIpc) is 2.71. The molecule has 0 spiro atoms. The lowest BCUT2D eigenvalue weighted by atomic mass is 9.92. The Morgan fingerprint density at radius 1 is 1.26 bits per heavy atom. The Kier molecular flexibility index (Phi) is 5.15. The molecule has 3 amide bonds. The second kappa shape index (κ2) is 6.91. The van der Waals surface area contributed by atoms with Gasteiger partial charge >= 0.3 is 12.6 Å². The number of nitrogens with zero attached hydrogens (tertiary/aromatic N) is 1. The van der Waals surface area contributed by atoms with Crippen molar-refractivity contribution in [1.82, 2.24) is 10.2 Å². The number of imide groups is 1. The van der Waals surface area contributed by atoms with Crippen LogP contribution in [0.5, 0.6) is 5.75 Å². The first kappa shape index (κ1) is 17.1. The Morgan fingerprint density at radius 2 is 1.91 bits per heavy atom. The summed E-state index contributed by atoms with van der Waals surface area (Å²) in [5.41, 5.74) is -0.761. The van der Waals surface area contributed by atoms with E-state index in [0.717, 1.165) is 4.90 Å². The van der Waals surface area contributed by atoms with Gasteiger partial charge in [0.1, 0.15) is 11.3 Å². The number of urea groups is 1. The summed E-state index contributed by atoms with van der Waals surface area (Å²) in [5.74, 6) is -0.429. The van der Waals surface area contributed by atoms with Gasteiger partial charge in [-0.15, -0.1) is 0 Å². The van der Waals surface area contributed by atoms with Crippen molar-refractivity contribution in [1.29, 1.82) is 0 Å². The maximum absolute atomic E-state index is 12.5. The minimum absolute atomic E-state index is 0.0164. The van der Waals surface area contributed by atoms with Crippen LogP contribution in [0.25, 0.3) is 0 Å². The monoisotopic (exact) mass is 328 g/mol. The van der Waals surface area contributed by atoms with Crippen LogP contribution in [0.2, 0.25) is 0 Å². The second-order valence-corrected chi connectivity index (χ2v) is 5.11. The number of nitrogens with one attached hydrogen (secondary N) is 1. The van der Waals surface area contributed by atoms with Crippen molar-refractivity contribution in [3.63, 3.8) is 0 Å². The molecule has 1 aromatic rings. The summed E-state index contributed by atoms with van der Waals surface area (Å²) in [6.45, 7) is 1.37. The zero-order valence-electron chi connectivity index (χ0n) is 12.8. The van der Waals surface area contributed by atoms with Crippen LogP contribution < -0.4 is 10.1 Å². The molecular formula is C15H18F2N2O4. The van der Waals surface area contributed by atoms with Crippen molar-refractivity contribution >= 4 is 11.9 Å². The highest BCUT2D eigenvalue weighted by Crippen LogP contribution is 2.30. The summed E-state index contributed by atoms with van der Waals surface area (Å²) < 4.78 is 33.7. The first-order valence-electron chi connectivity index (χ1n) is 7.15. The van der Waals surface area contributed by atoms with Gasteiger partial charge in [-0.1, -0.05) is 12.1 Å². The van der Waals surface area contributed by atoms with E-state index in [1.165, 1.54) is 24.3 Å². The molecule has 1 N–H and O–H groups in total. The molecule has 1 atom stereocenters. The molecule has 0 radical (unpaired) electrons. The quantitative estimate of drug-likeness (QED) is 0.615. The normalized spacial score (nSPS) is 21.0. The maximum atomic E-state index is 12.5. The number of halogens is 2. The molecule has 1 fully saturated rings. The zero-order valence-corrected chi connectivity index (χ0v) is 12.8. The molecule has 1 saturated heterocycles. The van der Waals surface area contributed by atoms with Crippen molar-refractivity contribution in [2.45, 2.75) is 26.0 Å². The lowest BCUT2D eigenvalue weighted by molar-refractivity contribution is -0.131. The van der Waals surface area contributed by atoms with Gasteiger partial charge < -0.3 is 14.8 Å². The third-order valence-electron chi connectivity index (χ3n) is 3.60. The van der Waals surface area contributed by atoms with E-state index < -0.39 is 24.1 Å². The molecule has 23 heavy (non-hydrogen) atoms. The standard InChI is InChI=1S/C15H18F2N2O4/c1-3-22-9-8-19-12(20)15(2,18-14(19)21)10-4-6-11(7-5-10)23-13(16)17/h4-7,13H,3,8-9H2,1-2H3,(H,18,21)/t15-/m0/s1. The summed E-state index contributed by atoms with van der Waals surface area (Å²) in [5, 5.41) is 2.63. The summed E-state index contributed by atoms with van der Waals surface area (Å²) in [7, 11) is 0. The van der Waals surface area contributed by atoms with Crippen LogP contribution in [0, 0.1) is 0 Å². The molecule has 0 saturated carbocycles. The molecular weight excluding hydrogens is 310 g/mol. The van der Waals surface area contributed by atoms with Crippen LogP contribution in [0.4, 0.5) is 13.6 Å². The van der Waals surface area contributed by atoms with Crippen LogP contribution in [0.15, 0.2) is 24.3 Å². The molecule has 126 valence electrons. The van der Waals surface area contributed by atoms with E-state index in [9.17, 15) is 18.4 Å². The topological polar surface area (TPSA) is 67.9 Å². The predicted molar refractivity (Wildman–Crippen MR) is 77.2 cm³/mol. The van der Waals surface area contributed by atoms with Crippen LogP contribution >= 0.6 is 0 Å². The first-order valence-corrected chi connectivity index (χ1v) is 7.15. The van der Waals surface area contributed by atoms with Gasteiger partial charge in [0.05, 0.1) is 13.2 Å². The number of benzene rings is 1. The van der Waals surface area contributed by atoms with Crippen molar-refractivity contribution < 1.29 is 27.8 Å². The number of carbonyl (C=O) groups excluding carboxylic acids is 2. The first-order chi connectivity index (χ1) is 10.9. The SMILES string of the molecule is CCOCCN1C(=O)N[C@@](C)(c2ccc(OC(F)F)cc2)C1=O. The van der Waals surface area contributed by atoms with Gasteiger partial charge in [0.25, 0.3) is 5.91 Å². The Balaban J connectivity index is 2.14. The fourth-order valence-corrected chi connectivity index (χ4v) is 2.37. The third kappa shape index (κ3) is 3.58. The number of rotatable bonds is 7. The van der Waals surface area contributed by atoms with Crippen molar-refractivity contribution in [2.24, 2.45) is 0 Å². The molecule has 8 heteroatoms. The van der Waals surface area contributed by atoms with Gasteiger partial charge in [-0.25, -0.2) is 4.79 Å². The number of hydrogen-bond acceptors (Lipinski definition) is 4. The summed E-state index contributed by atoms with van der Waals surface area (Å²) in [6, 6.07) is 5.10. The van der Waals surface area contributed by atoms with Crippen LogP contribution in [-0.2, 0) is 15.1 Å². The van der Waals surface area contributed by atoms with Crippen molar-refractivity contribution in [3.05, 3.63) is 29.8 Å². The molecule has 6 nitrogen and oxygen atoms in total. The van der Waals surface area contributed by atoms with Crippen molar-refractivity contribution in [2.75, 3.05) is 19.8 Å². The summed E-state index contributed by atoms with van der Waals surface area (Å²) in [4.78, 5) is 25.6. The van der Waals surface area contributed by atoms with Gasteiger partial charge in [-0.2, -0.15) is 8.78 Å². The average molecular weight is 328 g/mol. The van der Waals surface area contributed by atoms with E-state index in [1.807, 2.05) is 6.92 Å². The third-order valence-corrected chi connectivity index (χ3v) is 3.60. The molecule has 1 aliphatic rings. The molecule has 0 bridgehead atoms. The second-order valence-electron chi connectivity index (χ2n) is 5.11. The summed E-state index contributed by atoms with van der Waals surface area (Å²) in [6.07, 6.45) is 0. The number of amides is 3. The zero-order chi connectivity index (χ0) is 17.0. The Hall–Kier alpha value is -2.22. The highest BCUT2D eigenvalue weighted by molar-refractivity contribution is 6.07. The van der Waals surface area contributed by atoms with E-state index in [1.54, 1.807) is 6.92 Å². The summed E-state index contributed by atoms with van der Waals surface area (Å²) >= 11 is 0. The number of alkyl halides is 2. The Morgan fingerprint density at radius 3 is 2.48 bits per heavy atom. The smallest absolute Gasteiger partial charge is 0.387 e. The minimum atomic E-state index is -2.92. The maximum Gasteiger partial charge on any atom is 0.387 e. The van der Waals surface area contributed by atoms with E-state index in [2.05, 4.69) is 10.1 Å². The fourth-order valence-electron chi connectivity index (χ4n) is 2.37. The molecule has 2 rings (SSSR count). The molecule has 0 aromatic heterocycles. The van der Waals surface area contributed by atoms with Gasteiger partial charge in [0.2, 0.25) is 0 Å². The number of carbonyl (C=O) groups is 2. The van der Waals surface area contributed by atoms with Crippen LogP contribution in [0.3, 0.4) is 0 Å². The van der Waals surface area contributed by atoms with E-state index in [4.69, 9.17) is 4.74 Å². The lowest BCUT2D eigenvalue weighted by Crippen LogP contribution is -2.41. The molecule has 0 aliphatic carbocycles. The predicted octanol–water partition coefficient (Wildman–Crippen LogP) is 2.09. The molecule has 1 heterocycles. The van der Waals surface area contributed by atoms with Crippen LogP contribution in [-0.4, -0.2) is 43.2 Å². The largest absolute Gasteiger partial charge is 0.435 e. The molecule has 0 unspecified atom stereocenters. The Labute approximate surface area is 132 Å². The van der Waals surface area contributed by atoms with Gasteiger partial charge in [0.15, 0.2) is 0 Å². The van der Waals surface area contributed by atoms with Gasteiger partial charge in [-0.05, 0) is 31.5 Å².